The quantitative estimate of drug-likeness (QED) is 0.808. The van der Waals surface area contributed by atoms with E-state index in [1.165, 1.54) is 51.7 Å². The number of rotatable bonds is 4. The van der Waals surface area contributed by atoms with Crippen LogP contribution in [0.4, 0.5) is 0 Å². The molecule has 4 heteroatoms. The average Bonchev–Trinajstić information content (AvgIpc) is 2.55. The summed E-state index contributed by atoms with van der Waals surface area (Å²) in [4.78, 5) is 16.5. The maximum absolute atomic E-state index is 11.9. The van der Waals surface area contributed by atoms with Crippen LogP contribution >= 0.6 is 0 Å². The molecule has 1 spiro atoms. The molecular formula is C18H30N2O2. The SMILES string of the molecule is O=C1CCC2(CCN(C[C@@H]3CC=CCC3)CC2)CN1CCO. The highest BCUT2D eigenvalue weighted by Crippen LogP contribution is 2.40. The third-order valence-corrected chi connectivity index (χ3v) is 5.93. The van der Waals surface area contributed by atoms with Crippen LogP contribution in [0, 0.1) is 11.3 Å². The summed E-state index contributed by atoms with van der Waals surface area (Å²) in [5.41, 5.74) is 0.325. The molecule has 0 unspecified atom stereocenters. The summed E-state index contributed by atoms with van der Waals surface area (Å²) in [6, 6.07) is 0. The van der Waals surface area contributed by atoms with Crippen molar-refractivity contribution in [2.75, 3.05) is 39.3 Å². The van der Waals surface area contributed by atoms with Crippen molar-refractivity contribution in [2.24, 2.45) is 11.3 Å². The van der Waals surface area contributed by atoms with Gasteiger partial charge in [-0.2, -0.15) is 0 Å². The Morgan fingerprint density at radius 3 is 2.73 bits per heavy atom. The smallest absolute Gasteiger partial charge is 0.222 e. The summed E-state index contributed by atoms with van der Waals surface area (Å²) in [6.07, 6.45) is 12.7. The van der Waals surface area contributed by atoms with Crippen LogP contribution < -0.4 is 0 Å². The van der Waals surface area contributed by atoms with Gasteiger partial charge in [0.2, 0.25) is 5.91 Å². The minimum atomic E-state index is 0.0865. The predicted octanol–water partition coefficient (Wildman–Crippen LogP) is 2.04. The topological polar surface area (TPSA) is 43.8 Å². The molecule has 2 saturated heterocycles. The standard InChI is InChI=1S/C18H30N2O2/c21-13-12-20-15-18(7-6-17(20)22)8-10-19(11-9-18)14-16-4-2-1-3-5-16/h1-2,16,21H,3-15H2/t16-/m1/s1. The van der Waals surface area contributed by atoms with Crippen molar-refractivity contribution in [1.82, 2.24) is 9.80 Å². The van der Waals surface area contributed by atoms with Crippen molar-refractivity contribution < 1.29 is 9.90 Å². The minimum absolute atomic E-state index is 0.0865. The molecule has 0 bridgehead atoms. The summed E-state index contributed by atoms with van der Waals surface area (Å²) in [5, 5.41) is 9.14. The number of piperidine rings is 2. The molecule has 2 fully saturated rings. The Balaban J connectivity index is 1.50. The molecule has 1 aliphatic carbocycles. The van der Waals surface area contributed by atoms with E-state index < -0.39 is 0 Å². The molecule has 1 N–H and O–H groups in total. The first-order chi connectivity index (χ1) is 10.7. The van der Waals surface area contributed by atoms with E-state index in [2.05, 4.69) is 17.1 Å². The number of amides is 1. The largest absolute Gasteiger partial charge is 0.395 e. The fraction of sp³-hybridized carbons (Fsp3) is 0.833. The zero-order chi connectivity index (χ0) is 15.4. The zero-order valence-corrected chi connectivity index (χ0v) is 13.7. The molecule has 4 nitrogen and oxygen atoms in total. The molecule has 0 radical (unpaired) electrons. The van der Waals surface area contributed by atoms with Gasteiger partial charge < -0.3 is 14.9 Å². The van der Waals surface area contributed by atoms with E-state index in [0.29, 0.717) is 18.4 Å². The number of carbonyl (C=O) groups excluding carboxylic acids is 1. The highest BCUT2D eigenvalue weighted by atomic mass is 16.3. The van der Waals surface area contributed by atoms with Crippen molar-refractivity contribution in [1.29, 1.82) is 0 Å². The lowest BCUT2D eigenvalue weighted by Gasteiger charge is -2.48. The number of carbonyl (C=O) groups is 1. The number of nitrogens with zero attached hydrogens (tertiary/aromatic N) is 2. The van der Waals surface area contributed by atoms with E-state index in [0.717, 1.165) is 18.9 Å². The Kier molecular flexibility index (Phi) is 5.19. The molecule has 3 aliphatic rings. The van der Waals surface area contributed by atoms with E-state index >= 15 is 0 Å². The molecular weight excluding hydrogens is 276 g/mol. The van der Waals surface area contributed by atoms with Gasteiger partial charge in [0.15, 0.2) is 0 Å². The molecule has 22 heavy (non-hydrogen) atoms. The Hall–Kier alpha value is -0.870. The number of hydrogen-bond acceptors (Lipinski definition) is 3. The maximum atomic E-state index is 11.9. The summed E-state index contributed by atoms with van der Waals surface area (Å²) >= 11 is 0. The monoisotopic (exact) mass is 306 g/mol. The second-order valence-electron chi connectivity index (χ2n) is 7.49. The van der Waals surface area contributed by atoms with E-state index in [1.54, 1.807) is 0 Å². The predicted molar refractivity (Wildman–Crippen MR) is 87.5 cm³/mol. The Morgan fingerprint density at radius 1 is 1.23 bits per heavy atom. The van der Waals surface area contributed by atoms with Crippen LogP contribution in [0.25, 0.3) is 0 Å². The number of hydrogen-bond donors (Lipinski definition) is 1. The van der Waals surface area contributed by atoms with Crippen molar-refractivity contribution in [3.05, 3.63) is 12.2 Å². The van der Waals surface area contributed by atoms with Gasteiger partial charge >= 0.3 is 0 Å². The Labute approximate surface area is 134 Å². The van der Waals surface area contributed by atoms with E-state index in [4.69, 9.17) is 5.11 Å². The van der Waals surface area contributed by atoms with Gasteiger partial charge in [0.25, 0.3) is 0 Å². The number of likely N-dealkylation sites (tertiary alicyclic amines) is 2. The van der Waals surface area contributed by atoms with E-state index in [9.17, 15) is 4.79 Å². The highest BCUT2D eigenvalue weighted by molar-refractivity contribution is 5.77. The van der Waals surface area contributed by atoms with Crippen molar-refractivity contribution in [3.63, 3.8) is 0 Å². The van der Waals surface area contributed by atoms with Crippen LogP contribution in [0.1, 0.15) is 44.9 Å². The lowest BCUT2D eigenvalue weighted by Crippen LogP contribution is -2.52. The van der Waals surface area contributed by atoms with Crippen LogP contribution in [-0.2, 0) is 4.79 Å². The zero-order valence-electron chi connectivity index (χ0n) is 13.7. The second kappa shape index (κ2) is 7.14. The fourth-order valence-electron chi connectivity index (χ4n) is 4.43. The lowest BCUT2D eigenvalue weighted by molar-refractivity contribution is -0.139. The molecule has 0 aromatic heterocycles. The van der Waals surface area contributed by atoms with Crippen molar-refractivity contribution in [2.45, 2.75) is 44.9 Å². The minimum Gasteiger partial charge on any atom is -0.395 e. The van der Waals surface area contributed by atoms with Gasteiger partial charge in [-0.15, -0.1) is 0 Å². The van der Waals surface area contributed by atoms with Gasteiger partial charge in [0.1, 0.15) is 0 Å². The summed E-state index contributed by atoms with van der Waals surface area (Å²) < 4.78 is 0. The van der Waals surface area contributed by atoms with Crippen LogP contribution in [0.15, 0.2) is 12.2 Å². The molecule has 0 aromatic carbocycles. The maximum Gasteiger partial charge on any atom is 0.222 e. The van der Waals surface area contributed by atoms with Crippen molar-refractivity contribution >= 4 is 5.91 Å². The van der Waals surface area contributed by atoms with Crippen LogP contribution in [0.3, 0.4) is 0 Å². The van der Waals surface area contributed by atoms with Crippen LogP contribution in [0.2, 0.25) is 0 Å². The van der Waals surface area contributed by atoms with E-state index in [-0.39, 0.29) is 12.5 Å². The van der Waals surface area contributed by atoms with Gasteiger partial charge in [-0.3, -0.25) is 4.79 Å². The molecule has 2 aliphatic heterocycles. The number of allylic oxidation sites excluding steroid dienone is 2. The summed E-state index contributed by atoms with van der Waals surface area (Å²) in [6.45, 7) is 5.08. The number of aliphatic hydroxyl groups is 1. The summed E-state index contributed by atoms with van der Waals surface area (Å²) in [5.74, 6) is 1.08. The van der Waals surface area contributed by atoms with Crippen LogP contribution in [-0.4, -0.2) is 60.1 Å². The third-order valence-electron chi connectivity index (χ3n) is 5.93. The Morgan fingerprint density at radius 2 is 2.05 bits per heavy atom. The van der Waals surface area contributed by atoms with Crippen LogP contribution in [0.5, 0.6) is 0 Å². The van der Waals surface area contributed by atoms with Gasteiger partial charge in [-0.05, 0) is 62.9 Å². The normalized spacial score (nSPS) is 29.2. The van der Waals surface area contributed by atoms with Crippen molar-refractivity contribution in [3.8, 4) is 0 Å². The van der Waals surface area contributed by atoms with Gasteiger partial charge in [-0.25, -0.2) is 0 Å². The summed E-state index contributed by atoms with van der Waals surface area (Å²) in [7, 11) is 0. The molecule has 0 saturated carbocycles. The van der Waals surface area contributed by atoms with Gasteiger partial charge in [0, 0.05) is 26.1 Å². The fourth-order valence-corrected chi connectivity index (χ4v) is 4.43. The first kappa shape index (κ1) is 16.0. The van der Waals surface area contributed by atoms with Gasteiger partial charge in [0.05, 0.1) is 6.61 Å². The average molecular weight is 306 g/mol. The molecule has 1 amide bonds. The first-order valence-electron chi connectivity index (χ1n) is 8.97. The molecule has 1 atom stereocenters. The van der Waals surface area contributed by atoms with E-state index in [1.807, 2.05) is 4.90 Å². The first-order valence-corrected chi connectivity index (χ1v) is 8.97. The molecule has 0 aromatic rings. The lowest BCUT2D eigenvalue weighted by atomic mass is 9.72. The highest BCUT2D eigenvalue weighted by Gasteiger charge is 2.40. The molecule has 3 rings (SSSR count). The number of aliphatic hydroxyl groups excluding tert-OH is 1. The third kappa shape index (κ3) is 3.72. The Bertz CT molecular complexity index is 413. The van der Waals surface area contributed by atoms with Gasteiger partial charge in [-0.1, -0.05) is 12.2 Å². The molecule has 124 valence electrons. The number of β-amino-alcohol motifs (C(OH)–C–C–N with tert-alkyl or cyclic N) is 1. The molecule has 2 heterocycles. The second-order valence-corrected chi connectivity index (χ2v) is 7.49.